The van der Waals surface area contributed by atoms with Gasteiger partial charge in [-0.3, -0.25) is 4.68 Å². The lowest BCUT2D eigenvalue weighted by Crippen LogP contribution is -2.35. The molecule has 6 nitrogen and oxygen atoms in total. The van der Waals surface area contributed by atoms with Gasteiger partial charge in [0.05, 0.1) is 12.7 Å². The van der Waals surface area contributed by atoms with Crippen molar-refractivity contribution in [2.75, 3.05) is 18.4 Å². The summed E-state index contributed by atoms with van der Waals surface area (Å²) in [5, 5.41) is 15.7. The zero-order chi connectivity index (χ0) is 16.2. The van der Waals surface area contributed by atoms with E-state index >= 15 is 0 Å². The Morgan fingerprint density at radius 2 is 2.00 bits per heavy atom. The topological polar surface area (TPSA) is 59.7 Å². The van der Waals surface area contributed by atoms with E-state index in [0.29, 0.717) is 5.92 Å². The Balaban J connectivity index is 1.33. The van der Waals surface area contributed by atoms with Gasteiger partial charge in [-0.05, 0) is 17.2 Å². The predicted octanol–water partition coefficient (Wildman–Crippen LogP) is 1.96. The first-order chi connectivity index (χ1) is 11.9. The van der Waals surface area contributed by atoms with Crippen LogP contribution in [0.3, 0.4) is 0 Å². The van der Waals surface area contributed by atoms with Crippen LogP contribution in [0.2, 0.25) is 0 Å². The van der Waals surface area contributed by atoms with Gasteiger partial charge >= 0.3 is 0 Å². The maximum absolute atomic E-state index is 4.35. The van der Waals surface area contributed by atoms with Gasteiger partial charge in [0.1, 0.15) is 5.82 Å². The normalized spacial score (nSPS) is 16.6. The summed E-state index contributed by atoms with van der Waals surface area (Å²) in [6.07, 6.45) is 5.67. The molecule has 1 atom stereocenters. The van der Waals surface area contributed by atoms with E-state index in [9.17, 15) is 0 Å². The van der Waals surface area contributed by atoms with E-state index in [4.69, 9.17) is 0 Å². The van der Waals surface area contributed by atoms with Crippen molar-refractivity contribution in [3.8, 4) is 0 Å². The summed E-state index contributed by atoms with van der Waals surface area (Å²) in [7, 11) is 0. The van der Waals surface area contributed by atoms with E-state index in [0.717, 1.165) is 38.5 Å². The molecule has 1 aliphatic heterocycles. The molecule has 3 aromatic rings. The van der Waals surface area contributed by atoms with Crippen molar-refractivity contribution >= 4 is 5.82 Å². The van der Waals surface area contributed by atoms with Gasteiger partial charge in [-0.2, -0.15) is 10.2 Å². The van der Waals surface area contributed by atoms with Crippen LogP contribution in [0.4, 0.5) is 5.82 Å². The number of benzene rings is 1. The fourth-order valence-corrected chi connectivity index (χ4v) is 3.19. The molecule has 2 aromatic heterocycles. The number of hydrogen-bond donors (Lipinski definition) is 2. The van der Waals surface area contributed by atoms with Crippen molar-refractivity contribution in [2.24, 2.45) is 5.92 Å². The van der Waals surface area contributed by atoms with Crippen molar-refractivity contribution in [2.45, 2.75) is 19.6 Å². The van der Waals surface area contributed by atoms with Crippen LogP contribution in [0.1, 0.15) is 11.1 Å². The number of fused-ring (bicyclic) bond motifs is 1. The van der Waals surface area contributed by atoms with Crippen molar-refractivity contribution in [1.29, 1.82) is 0 Å². The Labute approximate surface area is 141 Å². The first kappa shape index (κ1) is 15.0. The molecule has 3 heterocycles. The summed E-state index contributed by atoms with van der Waals surface area (Å²) in [5.74, 6) is 1.67. The van der Waals surface area contributed by atoms with Crippen LogP contribution in [0.25, 0.3) is 0 Å². The highest BCUT2D eigenvalue weighted by Crippen LogP contribution is 2.16. The number of anilines is 1. The highest BCUT2D eigenvalue weighted by Gasteiger charge is 2.17. The molecular formula is C18H22N6. The molecule has 0 bridgehead atoms. The van der Waals surface area contributed by atoms with Crippen LogP contribution in [0.5, 0.6) is 0 Å². The van der Waals surface area contributed by atoms with Crippen LogP contribution in [-0.4, -0.2) is 32.7 Å². The van der Waals surface area contributed by atoms with Gasteiger partial charge in [0.25, 0.3) is 0 Å². The summed E-state index contributed by atoms with van der Waals surface area (Å²) < 4.78 is 4.00. The molecule has 1 aliphatic rings. The molecule has 0 radical (unpaired) electrons. The Bertz CT molecular complexity index is 776. The lowest BCUT2D eigenvalue weighted by atomic mass is 10.1. The molecule has 0 saturated carbocycles. The number of rotatable bonds is 6. The predicted molar refractivity (Wildman–Crippen MR) is 93.7 cm³/mol. The molecule has 124 valence electrons. The van der Waals surface area contributed by atoms with Gasteiger partial charge in [0, 0.05) is 50.6 Å². The summed E-state index contributed by atoms with van der Waals surface area (Å²) in [4.78, 5) is 0. The van der Waals surface area contributed by atoms with Crippen LogP contribution in [0.15, 0.2) is 55.0 Å². The molecule has 0 spiro atoms. The molecular weight excluding hydrogens is 300 g/mol. The smallest absolute Gasteiger partial charge is 0.124 e. The zero-order valence-electron chi connectivity index (χ0n) is 13.6. The summed E-state index contributed by atoms with van der Waals surface area (Å²) in [5.41, 5.74) is 2.64. The summed E-state index contributed by atoms with van der Waals surface area (Å²) >= 11 is 0. The van der Waals surface area contributed by atoms with E-state index < -0.39 is 0 Å². The molecule has 24 heavy (non-hydrogen) atoms. The van der Waals surface area contributed by atoms with E-state index in [1.165, 1.54) is 11.1 Å². The Kier molecular flexibility index (Phi) is 4.29. The molecule has 0 fully saturated rings. The Morgan fingerprint density at radius 1 is 1.08 bits per heavy atom. The second-order valence-electron chi connectivity index (χ2n) is 6.25. The van der Waals surface area contributed by atoms with Crippen LogP contribution in [0, 0.1) is 5.92 Å². The Hall–Kier alpha value is -2.60. The molecule has 2 N–H and O–H groups in total. The maximum atomic E-state index is 4.35. The molecule has 1 aromatic carbocycles. The van der Waals surface area contributed by atoms with Gasteiger partial charge in [-0.15, -0.1) is 0 Å². The van der Waals surface area contributed by atoms with Crippen LogP contribution < -0.4 is 10.6 Å². The van der Waals surface area contributed by atoms with E-state index in [2.05, 4.69) is 45.1 Å². The van der Waals surface area contributed by atoms with Crippen molar-refractivity contribution < 1.29 is 0 Å². The number of nitrogens with zero attached hydrogens (tertiary/aromatic N) is 4. The minimum atomic E-state index is 0.552. The molecule has 4 rings (SSSR count). The minimum absolute atomic E-state index is 0.552. The van der Waals surface area contributed by atoms with E-state index in [1.807, 2.05) is 40.1 Å². The summed E-state index contributed by atoms with van der Waals surface area (Å²) in [6, 6.07) is 12.5. The monoisotopic (exact) mass is 322 g/mol. The highest BCUT2D eigenvalue weighted by atomic mass is 15.3. The quantitative estimate of drug-likeness (QED) is 0.728. The Morgan fingerprint density at radius 3 is 2.88 bits per heavy atom. The minimum Gasteiger partial charge on any atom is -0.370 e. The third-order valence-corrected chi connectivity index (χ3v) is 4.48. The van der Waals surface area contributed by atoms with E-state index in [-0.39, 0.29) is 0 Å². The molecule has 0 amide bonds. The molecule has 6 heteroatoms. The van der Waals surface area contributed by atoms with Crippen LogP contribution >= 0.6 is 0 Å². The van der Waals surface area contributed by atoms with E-state index in [1.54, 1.807) is 0 Å². The van der Waals surface area contributed by atoms with Gasteiger partial charge in [0.2, 0.25) is 0 Å². The second kappa shape index (κ2) is 6.88. The van der Waals surface area contributed by atoms with Crippen molar-refractivity contribution in [3.63, 3.8) is 0 Å². The molecule has 0 aliphatic carbocycles. The average Bonchev–Trinajstić information content (AvgIpc) is 3.27. The fraction of sp³-hybridized carbons (Fsp3) is 0.333. The van der Waals surface area contributed by atoms with Crippen molar-refractivity contribution in [1.82, 2.24) is 24.9 Å². The lowest BCUT2D eigenvalue weighted by Gasteiger charge is -2.25. The zero-order valence-corrected chi connectivity index (χ0v) is 13.6. The van der Waals surface area contributed by atoms with Gasteiger partial charge in [-0.1, -0.05) is 24.3 Å². The number of hydrogen-bond acceptors (Lipinski definition) is 4. The molecule has 0 unspecified atom stereocenters. The van der Waals surface area contributed by atoms with Crippen LogP contribution in [-0.2, 0) is 19.6 Å². The summed E-state index contributed by atoms with van der Waals surface area (Å²) in [6.45, 7) is 4.62. The van der Waals surface area contributed by atoms with Gasteiger partial charge in [-0.25, -0.2) is 4.68 Å². The second-order valence-corrected chi connectivity index (χ2v) is 6.25. The number of aromatic nitrogens is 4. The highest BCUT2D eigenvalue weighted by molar-refractivity contribution is 5.35. The lowest BCUT2D eigenvalue weighted by molar-refractivity contribution is 0.391. The first-order valence-electron chi connectivity index (χ1n) is 8.39. The third-order valence-electron chi connectivity index (χ3n) is 4.48. The maximum Gasteiger partial charge on any atom is 0.124 e. The molecule has 0 saturated heterocycles. The largest absolute Gasteiger partial charge is 0.370 e. The van der Waals surface area contributed by atoms with Crippen molar-refractivity contribution in [3.05, 3.63) is 66.1 Å². The average molecular weight is 322 g/mol. The first-order valence-corrected chi connectivity index (χ1v) is 8.39. The fourth-order valence-electron chi connectivity index (χ4n) is 3.19. The third kappa shape index (κ3) is 3.33. The van der Waals surface area contributed by atoms with Gasteiger partial charge in [0.15, 0.2) is 0 Å². The number of nitrogens with one attached hydrogen (secondary N) is 2. The SMILES string of the molecule is c1ccc(Cn2cccn2)c(CNC[C@H]2CNc3ccnn3C2)c1. The standard InChI is InChI=1S/C18H22N6/c1-2-5-17(14-23-9-3-7-21-23)16(4-1)12-19-10-15-11-20-18-6-8-22-24(18)13-15/h1-9,15,19-20H,10-14H2/t15-/m0/s1. The van der Waals surface area contributed by atoms with Gasteiger partial charge < -0.3 is 10.6 Å².